The van der Waals surface area contributed by atoms with E-state index in [4.69, 9.17) is 9.84 Å². The van der Waals surface area contributed by atoms with Gasteiger partial charge in [0.15, 0.2) is 0 Å². The SMILES string of the molecule is COCC1CCN(C(=O)NC(=O)CC(C)CC(=O)O)CC1. The van der Waals surface area contributed by atoms with E-state index in [-0.39, 0.29) is 18.8 Å². The summed E-state index contributed by atoms with van der Waals surface area (Å²) in [6, 6.07) is -0.390. The molecule has 1 unspecified atom stereocenters. The molecule has 1 aliphatic heterocycles. The molecule has 120 valence electrons. The largest absolute Gasteiger partial charge is 0.481 e. The molecule has 0 aromatic carbocycles. The van der Waals surface area contributed by atoms with Gasteiger partial charge < -0.3 is 14.7 Å². The van der Waals surface area contributed by atoms with Crippen LogP contribution in [-0.4, -0.2) is 54.7 Å². The molecule has 7 heteroatoms. The average Bonchev–Trinajstić information content (AvgIpc) is 2.38. The van der Waals surface area contributed by atoms with Crippen molar-refractivity contribution in [3.8, 4) is 0 Å². The van der Waals surface area contributed by atoms with Gasteiger partial charge in [-0.05, 0) is 24.7 Å². The lowest BCUT2D eigenvalue weighted by Crippen LogP contribution is -2.47. The lowest BCUT2D eigenvalue weighted by Gasteiger charge is -2.31. The molecule has 1 saturated heterocycles. The maximum Gasteiger partial charge on any atom is 0.324 e. The van der Waals surface area contributed by atoms with E-state index >= 15 is 0 Å². The molecule has 0 bridgehead atoms. The first-order valence-corrected chi connectivity index (χ1v) is 7.21. The van der Waals surface area contributed by atoms with Crippen molar-refractivity contribution >= 4 is 17.9 Å². The monoisotopic (exact) mass is 300 g/mol. The predicted molar refractivity (Wildman–Crippen MR) is 75.7 cm³/mol. The highest BCUT2D eigenvalue weighted by atomic mass is 16.5. The first-order chi connectivity index (χ1) is 9.92. The summed E-state index contributed by atoms with van der Waals surface area (Å²) in [7, 11) is 1.66. The Bertz CT molecular complexity index is 378. The number of likely N-dealkylation sites (tertiary alicyclic amines) is 1. The first kappa shape index (κ1) is 17.4. The minimum absolute atomic E-state index is 0.0399. The van der Waals surface area contributed by atoms with Crippen molar-refractivity contribution < 1.29 is 24.2 Å². The maximum atomic E-state index is 11.9. The number of carbonyl (C=O) groups excluding carboxylic acids is 2. The van der Waals surface area contributed by atoms with Crippen LogP contribution in [0.5, 0.6) is 0 Å². The van der Waals surface area contributed by atoms with Crippen molar-refractivity contribution in [2.24, 2.45) is 11.8 Å². The van der Waals surface area contributed by atoms with Crippen LogP contribution in [0.1, 0.15) is 32.6 Å². The second-order valence-corrected chi connectivity index (χ2v) is 5.65. The molecule has 7 nitrogen and oxygen atoms in total. The van der Waals surface area contributed by atoms with E-state index in [1.54, 1.807) is 18.9 Å². The van der Waals surface area contributed by atoms with E-state index in [0.717, 1.165) is 12.8 Å². The Morgan fingerprint density at radius 3 is 2.43 bits per heavy atom. The standard InChI is InChI=1S/C14H24N2O5/c1-10(8-13(18)19)7-12(17)15-14(20)16-5-3-11(4-6-16)9-21-2/h10-11H,3-9H2,1-2H3,(H,18,19)(H,15,17,20). The van der Waals surface area contributed by atoms with Crippen molar-refractivity contribution in [3.05, 3.63) is 0 Å². The molecule has 0 aromatic rings. The highest BCUT2D eigenvalue weighted by Crippen LogP contribution is 2.17. The Balaban J connectivity index is 2.30. The number of ether oxygens (including phenoxy) is 1. The number of carboxylic acids is 1. The van der Waals surface area contributed by atoms with Crippen molar-refractivity contribution in [1.82, 2.24) is 10.2 Å². The number of rotatable bonds is 6. The van der Waals surface area contributed by atoms with Gasteiger partial charge in [-0.15, -0.1) is 0 Å². The third kappa shape index (κ3) is 6.57. The number of methoxy groups -OCH3 is 1. The number of hydrogen-bond donors (Lipinski definition) is 2. The van der Waals surface area contributed by atoms with E-state index in [0.29, 0.717) is 25.6 Å². The van der Waals surface area contributed by atoms with Crippen molar-refractivity contribution in [2.45, 2.75) is 32.6 Å². The molecule has 1 rings (SSSR count). The number of urea groups is 1. The van der Waals surface area contributed by atoms with Gasteiger partial charge in [0, 0.05) is 39.6 Å². The number of nitrogens with one attached hydrogen (secondary N) is 1. The fraction of sp³-hybridized carbons (Fsp3) is 0.786. The second kappa shape index (κ2) is 8.61. The molecule has 1 atom stereocenters. The number of nitrogens with zero attached hydrogens (tertiary/aromatic N) is 1. The van der Waals surface area contributed by atoms with Gasteiger partial charge in [0.25, 0.3) is 0 Å². The van der Waals surface area contributed by atoms with Crippen LogP contribution in [0.4, 0.5) is 4.79 Å². The summed E-state index contributed by atoms with van der Waals surface area (Å²) in [4.78, 5) is 35.8. The molecule has 1 heterocycles. The normalized spacial score (nSPS) is 17.3. The third-order valence-electron chi connectivity index (χ3n) is 3.61. The number of carboxylic acid groups (broad SMARTS) is 1. The van der Waals surface area contributed by atoms with Crippen LogP contribution in [0.2, 0.25) is 0 Å². The predicted octanol–water partition coefficient (Wildman–Crippen LogP) is 1.08. The van der Waals surface area contributed by atoms with Gasteiger partial charge in [0.1, 0.15) is 0 Å². The van der Waals surface area contributed by atoms with Crippen LogP contribution in [0.3, 0.4) is 0 Å². The average molecular weight is 300 g/mol. The molecule has 1 fully saturated rings. The summed E-state index contributed by atoms with van der Waals surface area (Å²) in [5.74, 6) is -1.19. The third-order valence-corrected chi connectivity index (χ3v) is 3.61. The van der Waals surface area contributed by atoms with Crippen molar-refractivity contribution in [3.63, 3.8) is 0 Å². The number of piperidine rings is 1. The summed E-state index contributed by atoms with van der Waals surface area (Å²) < 4.78 is 5.10. The zero-order chi connectivity index (χ0) is 15.8. The summed E-state index contributed by atoms with van der Waals surface area (Å²) in [5, 5.41) is 11.0. The molecular weight excluding hydrogens is 276 g/mol. The molecule has 21 heavy (non-hydrogen) atoms. The summed E-state index contributed by atoms with van der Waals surface area (Å²) in [6.07, 6.45) is 1.69. The number of imide groups is 1. The smallest absolute Gasteiger partial charge is 0.324 e. The Morgan fingerprint density at radius 1 is 1.29 bits per heavy atom. The number of carbonyl (C=O) groups is 3. The van der Waals surface area contributed by atoms with Gasteiger partial charge >= 0.3 is 12.0 Å². The number of hydrogen-bond acceptors (Lipinski definition) is 4. The van der Waals surface area contributed by atoms with Gasteiger partial charge in [-0.1, -0.05) is 6.92 Å². The molecular formula is C14H24N2O5. The zero-order valence-corrected chi connectivity index (χ0v) is 12.6. The first-order valence-electron chi connectivity index (χ1n) is 7.21. The molecule has 0 aliphatic carbocycles. The fourth-order valence-corrected chi connectivity index (χ4v) is 2.47. The van der Waals surface area contributed by atoms with Gasteiger partial charge in [-0.25, -0.2) is 4.79 Å². The van der Waals surface area contributed by atoms with Crippen LogP contribution in [0, 0.1) is 11.8 Å². The maximum absolute atomic E-state index is 11.9. The lowest BCUT2D eigenvalue weighted by molar-refractivity contribution is -0.138. The minimum atomic E-state index is -0.943. The van der Waals surface area contributed by atoms with E-state index in [1.165, 1.54) is 0 Å². The number of amides is 3. The molecule has 3 amide bonds. The summed E-state index contributed by atoms with van der Waals surface area (Å²) in [5.41, 5.74) is 0. The molecule has 0 spiro atoms. The molecule has 1 aliphatic rings. The summed E-state index contributed by atoms with van der Waals surface area (Å²) in [6.45, 7) is 3.59. The molecule has 0 aromatic heterocycles. The summed E-state index contributed by atoms with van der Waals surface area (Å²) >= 11 is 0. The van der Waals surface area contributed by atoms with Crippen LogP contribution in [0.25, 0.3) is 0 Å². The Kier molecular flexibility index (Phi) is 7.14. The van der Waals surface area contributed by atoms with Gasteiger partial charge in [-0.3, -0.25) is 14.9 Å². The second-order valence-electron chi connectivity index (χ2n) is 5.65. The van der Waals surface area contributed by atoms with E-state index in [9.17, 15) is 14.4 Å². The fourth-order valence-electron chi connectivity index (χ4n) is 2.47. The number of aliphatic carboxylic acids is 1. The topological polar surface area (TPSA) is 95.9 Å². The lowest BCUT2D eigenvalue weighted by atomic mass is 9.98. The van der Waals surface area contributed by atoms with Crippen LogP contribution >= 0.6 is 0 Å². The van der Waals surface area contributed by atoms with Crippen molar-refractivity contribution in [2.75, 3.05) is 26.8 Å². The molecule has 0 radical (unpaired) electrons. The molecule has 0 saturated carbocycles. The van der Waals surface area contributed by atoms with Crippen LogP contribution in [-0.2, 0) is 14.3 Å². The Hall–Kier alpha value is -1.63. The quantitative estimate of drug-likeness (QED) is 0.765. The van der Waals surface area contributed by atoms with Crippen molar-refractivity contribution in [1.29, 1.82) is 0 Å². The van der Waals surface area contributed by atoms with Gasteiger partial charge in [-0.2, -0.15) is 0 Å². The highest BCUT2D eigenvalue weighted by molar-refractivity contribution is 5.94. The van der Waals surface area contributed by atoms with Gasteiger partial charge in [0.2, 0.25) is 5.91 Å². The highest BCUT2D eigenvalue weighted by Gasteiger charge is 2.24. The minimum Gasteiger partial charge on any atom is -0.481 e. The zero-order valence-electron chi connectivity index (χ0n) is 12.6. The van der Waals surface area contributed by atoms with E-state index < -0.39 is 17.9 Å². The van der Waals surface area contributed by atoms with Gasteiger partial charge in [0.05, 0.1) is 0 Å². The van der Waals surface area contributed by atoms with E-state index in [1.807, 2.05) is 0 Å². The molecule has 2 N–H and O–H groups in total. The van der Waals surface area contributed by atoms with Crippen LogP contribution < -0.4 is 5.32 Å². The van der Waals surface area contributed by atoms with Crippen LogP contribution in [0.15, 0.2) is 0 Å². The Morgan fingerprint density at radius 2 is 1.90 bits per heavy atom. The van der Waals surface area contributed by atoms with E-state index in [2.05, 4.69) is 5.32 Å². The Labute approximate surface area is 124 Å².